The number of methoxy groups -OCH3 is 1. The number of ether oxygens (including phenoxy) is 3. The Morgan fingerprint density at radius 3 is 2.46 bits per heavy atom. The molecule has 1 N–H and O–H groups in total. The van der Waals surface area contributed by atoms with Crippen LogP contribution in [0, 0.1) is 0 Å². The number of nitrogens with one attached hydrogen (secondary N) is 1. The first-order chi connectivity index (χ1) is 13.0. The molecule has 0 saturated heterocycles. The van der Waals surface area contributed by atoms with Gasteiger partial charge in [-0.25, -0.2) is 4.79 Å². The van der Waals surface area contributed by atoms with Gasteiger partial charge in [0.1, 0.15) is 5.60 Å². The minimum atomic E-state index is -2.95. The van der Waals surface area contributed by atoms with E-state index in [1.165, 1.54) is 18.1 Å². The Balaban J connectivity index is 2.46. The summed E-state index contributed by atoms with van der Waals surface area (Å²) in [6.45, 7) is 2.97. The maximum absolute atomic E-state index is 12.4. The van der Waals surface area contributed by atoms with Gasteiger partial charge < -0.3 is 24.4 Å². The molecule has 1 aromatic rings. The second kappa shape index (κ2) is 10.7. The van der Waals surface area contributed by atoms with Gasteiger partial charge in [0, 0.05) is 26.6 Å². The summed E-state index contributed by atoms with van der Waals surface area (Å²) in [6.07, 6.45) is 0.189. The number of hydrogen-bond donors (Lipinski definition) is 1. The van der Waals surface area contributed by atoms with E-state index in [0.29, 0.717) is 18.5 Å². The number of halogens is 2. The van der Waals surface area contributed by atoms with Crippen LogP contribution in [-0.4, -0.2) is 49.8 Å². The molecule has 0 unspecified atom stereocenters. The van der Waals surface area contributed by atoms with Crippen molar-refractivity contribution < 1.29 is 32.6 Å². The average molecular weight is 402 g/mol. The molecular weight excluding hydrogens is 374 g/mol. The van der Waals surface area contributed by atoms with Gasteiger partial charge in [0.2, 0.25) is 5.91 Å². The standard InChI is InChI=1S/C19H28F2N2O5/c1-19(2,3)28-18(25)22-10-6-7-16(24)23(4)12-13-8-9-14(27-17(20)21)15(11-13)26-5/h8-9,11,17H,6-7,10,12H2,1-5H3,(H,22,25). The SMILES string of the molecule is COc1cc(CN(C)C(=O)CCCNC(=O)OC(C)(C)C)ccc1OC(F)F. The fourth-order valence-electron chi connectivity index (χ4n) is 2.30. The fourth-order valence-corrected chi connectivity index (χ4v) is 2.30. The molecule has 0 radical (unpaired) electrons. The highest BCUT2D eigenvalue weighted by atomic mass is 19.3. The molecular formula is C19H28F2N2O5. The smallest absolute Gasteiger partial charge is 0.407 e. The van der Waals surface area contributed by atoms with Gasteiger partial charge in [-0.1, -0.05) is 6.07 Å². The summed E-state index contributed by atoms with van der Waals surface area (Å²) >= 11 is 0. The van der Waals surface area contributed by atoms with E-state index in [-0.39, 0.29) is 30.4 Å². The zero-order valence-electron chi connectivity index (χ0n) is 16.9. The Morgan fingerprint density at radius 2 is 1.89 bits per heavy atom. The Hall–Kier alpha value is -2.58. The van der Waals surface area contributed by atoms with Crippen LogP contribution in [0.4, 0.5) is 13.6 Å². The number of carbonyl (C=O) groups is 2. The van der Waals surface area contributed by atoms with Crippen molar-refractivity contribution in [3.63, 3.8) is 0 Å². The topological polar surface area (TPSA) is 77.1 Å². The Labute approximate surface area is 163 Å². The number of alkyl halides is 2. The predicted octanol–water partition coefficient (Wildman–Crippen LogP) is 3.56. The zero-order chi connectivity index (χ0) is 21.3. The van der Waals surface area contributed by atoms with Gasteiger partial charge in [0.15, 0.2) is 11.5 Å². The van der Waals surface area contributed by atoms with E-state index in [0.717, 1.165) is 0 Å². The molecule has 0 aromatic heterocycles. The lowest BCUT2D eigenvalue weighted by molar-refractivity contribution is -0.130. The first-order valence-corrected chi connectivity index (χ1v) is 8.84. The number of benzene rings is 1. The number of hydrogen-bond acceptors (Lipinski definition) is 5. The zero-order valence-corrected chi connectivity index (χ0v) is 16.9. The molecule has 0 aliphatic rings. The van der Waals surface area contributed by atoms with Crippen LogP contribution < -0.4 is 14.8 Å². The molecule has 158 valence electrons. The monoisotopic (exact) mass is 402 g/mol. The van der Waals surface area contributed by atoms with Crippen molar-refractivity contribution in [2.75, 3.05) is 20.7 Å². The highest BCUT2D eigenvalue weighted by Gasteiger charge is 2.16. The van der Waals surface area contributed by atoms with Gasteiger partial charge in [-0.05, 0) is 44.9 Å². The Morgan fingerprint density at radius 1 is 1.21 bits per heavy atom. The normalized spacial score (nSPS) is 11.1. The van der Waals surface area contributed by atoms with Gasteiger partial charge in [0.05, 0.1) is 7.11 Å². The first-order valence-electron chi connectivity index (χ1n) is 8.84. The summed E-state index contributed by atoms with van der Waals surface area (Å²) < 4.78 is 39.3. The average Bonchev–Trinajstić information content (AvgIpc) is 2.57. The first kappa shape index (κ1) is 23.5. The molecule has 0 aliphatic carbocycles. The van der Waals surface area contributed by atoms with Crippen molar-refractivity contribution in [1.82, 2.24) is 10.2 Å². The lowest BCUT2D eigenvalue weighted by Gasteiger charge is -2.20. The van der Waals surface area contributed by atoms with E-state index in [2.05, 4.69) is 10.1 Å². The second-order valence-corrected chi connectivity index (χ2v) is 7.15. The van der Waals surface area contributed by atoms with Gasteiger partial charge in [-0.15, -0.1) is 0 Å². The molecule has 28 heavy (non-hydrogen) atoms. The third-order valence-corrected chi connectivity index (χ3v) is 3.53. The van der Waals surface area contributed by atoms with Gasteiger partial charge in [0.25, 0.3) is 0 Å². The molecule has 0 saturated carbocycles. The summed E-state index contributed by atoms with van der Waals surface area (Å²) in [6, 6.07) is 4.52. The predicted molar refractivity (Wildman–Crippen MR) is 99.6 cm³/mol. The maximum atomic E-state index is 12.4. The van der Waals surface area contributed by atoms with Crippen molar-refractivity contribution in [3.05, 3.63) is 23.8 Å². The van der Waals surface area contributed by atoms with E-state index in [4.69, 9.17) is 9.47 Å². The number of amides is 2. The number of alkyl carbamates (subject to hydrolysis) is 1. The molecule has 9 heteroatoms. The lowest BCUT2D eigenvalue weighted by Crippen LogP contribution is -2.33. The number of carbonyl (C=O) groups excluding carboxylic acids is 2. The summed E-state index contributed by atoms with van der Waals surface area (Å²) in [4.78, 5) is 25.3. The lowest BCUT2D eigenvalue weighted by atomic mass is 10.2. The largest absolute Gasteiger partial charge is 0.493 e. The molecule has 0 heterocycles. The van der Waals surface area contributed by atoms with Crippen LogP contribution in [0.5, 0.6) is 11.5 Å². The third kappa shape index (κ3) is 8.88. The highest BCUT2D eigenvalue weighted by molar-refractivity contribution is 5.76. The van der Waals surface area contributed by atoms with Crippen molar-refractivity contribution in [2.45, 2.75) is 52.4 Å². The van der Waals surface area contributed by atoms with Gasteiger partial charge in [-0.3, -0.25) is 4.79 Å². The minimum absolute atomic E-state index is 0.0663. The molecule has 0 spiro atoms. The summed E-state index contributed by atoms with van der Waals surface area (Å²) in [5.74, 6) is -0.0125. The highest BCUT2D eigenvalue weighted by Crippen LogP contribution is 2.29. The molecule has 0 bridgehead atoms. The molecule has 7 nitrogen and oxygen atoms in total. The van der Waals surface area contributed by atoms with E-state index >= 15 is 0 Å². The fraction of sp³-hybridized carbons (Fsp3) is 0.579. The molecule has 1 rings (SSSR count). The van der Waals surface area contributed by atoms with E-state index in [9.17, 15) is 18.4 Å². The number of rotatable bonds is 9. The Bertz CT molecular complexity index is 662. The van der Waals surface area contributed by atoms with Crippen LogP contribution in [0.2, 0.25) is 0 Å². The molecule has 0 atom stereocenters. The van der Waals surface area contributed by atoms with Gasteiger partial charge >= 0.3 is 12.7 Å². The molecule has 0 aliphatic heterocycles. The van der Waals surface area contributed by atoms with E-state index in [1.807, 2.05) is 0 Å². The number of nitrogens with zero attached hydrogens (tertiary/aromatic N) is 1. The minimum Gasteiger partial charge on any atom is -0.493 e. The van der Waals surface area contributed by atoms with Crippen molar-refractivity contribution in [3.8, 4) is 11.5 Å². The quantitative estimate of drug-likeness (QED) is 0.639. The third-order valence-electron chi connectivity index (χ3n) is 3.53. The van der Waals surface area contributed by atoms with Crippen molar-refractivity contribution in [2.24, 2.45) is 0 Å². The Kier molecular flexibility index (Phi) is 8.94. The molecule has 1 aromatic carbocycles. The van der Waals surface area contributed by atoms with Crippen LogP contribution in [-0.2, 0) is 16.1 Å². The van der Waals surface area contributed by atoms with Crippen molar-refractivity contribution >= 4 is 12.0 Å². The van der Waals surface area contributed by atoms with Crippen molar-refractivity contribution in [1.29, 1.82) is 0 Å². The summed E-state index contributed by atoms with van der Waals surface area (Å²) in [5.41, 5.74) is 0.137. The van der Waals surface area contributed by atoms with Crippen LogP contribution in [0.3, 0.4) is 0 Å². The van der Waals surface area contributed by atoms with E-state index in [1.54, 1.807) is 40.0 Å². The summed E-state index contributed by atoms with van der Waals surface area (Å²) in [5, 5.41) is 2.60. The second-order valence-electron chi connectivity index (χ2n) is 7.15. The van der Waals surface area contributed by atoms with E-state index < -0.39 is 18.3 Å². The van der Waals surface area contributed by atoms with Crippen LogP contribution >= 0.6 is 0 Å². The van der Waals surface area contributed by atoms with Crippen LogP contribution in [0.1, 0.15) is 39.2 Å². The molecule has 0 fully saturated rings. The van der Waals surface area contributed by atoms with Crippen LogP contribution in [0.25, 0.3) is 0 Å². The summed E-state index contributed by atoms with van der Waals surface area (Å²) in [7, 11) is 2.99. The van der Waals surface area contributed by atoms with Crippen LogP contribution in [0.15, 0.2) is 18.2 Å². The molecule has 2 amide bonds. The maximum Gasteiger partial charge on any atom is 0.407 e. The van der Waals surface area contributed by atoms with Gasteiger partial charge in [-0.2, -0.15) is 8.78 Å².